The molecule has 0 saturated carbocycles. The molecule has 0 unspecified atom stereocenters. The van der Waals surface area contributed by atoms with Gasteiger partial charge in [0, 0.05) is 29.8 Å². The topological polar surface area (TPSA) is 73.2 Å². The summed E-state index contributed by atoms with van der Waals surface area (Å²) >= 11 is 6.20. The number of amides is 1. The number of aryl methyl sites for hydroxylation is 1. The van der Waals surface area contributed by atoms with Crippen LogP contribution in [0.3, 0.4) is 0 Å². The van der Waals surface area contributed by atoms with Gasteiger partial charge < -0.3 is 14.6 Å². The number of hydrogen-bond acceptors (Lipinski definition) is 4. The zero-order valence-electron chi connectivity index (χ0n) is 18.5. The highest BCUT2D eigenvalue weighted by Gasteiger charge is 2.23. The van der Waals surface area contributed by atoms with Crippen LogP contribution in [0, 0.1) is 0 Å². The predicted molar refractivity (Wildman–Crippen MR) is 132 cm³/mol. The second-order valence-corrected chi connectivity index (χ2v) is 8.80. The SMILES string of the molecule is O=C(CCc1nc2cc(Cl)ccc2n(Cc2ccccc2)c1=O)N[C@H]1CCOc2ccccc21. The molecule has 1 aliphatic rings. The first-order valence-electron chi connectivity index (χ1n) is 11.3. The molecule has 1 aliphatic heterocycles. The molecule has 0 bridgehead atoms. The first-order valence-corrected chi connectivity index (χ1v) is 11.7. The summed E-state index contributed by atoms with van der Waals surface area (Å²) in [5, 5.41) is 3.64. The van der Waals surface area contributed by atoms with Crippen molar-refractivity contribution in [3.05, 3.63) is 105 Å². The van der Waals surface area contributed by atoms with Gasteiger partial charge in [-0.2, -0.15) is 0 Å². The molecular formula is C27H24ClN3O3. The van der Waals surface area contributed by atoms with Gasteiger partial charge in [0.05, 0.1) is 30.2 Å². The number of rotatable bonds is 6. The third-order valence-corrected chi connectivity index (χ3v) is 6.28. The molecule has 5 rings (SSSR count). The van der Waals surface area contributed by atoms with Crippen LogP contribution < -0.4 is 15.6 Å². The molecule has 2 heterocycles. The molecule has 1 aromatic heterocycles. The van der Waals surface area contributed by atoms with Crippen molar-refractivity contribution in [2.75, 3.05) is 6.61 Å². The van der Waals surface area contributed by atoms with Gasteiger partial charge in [-0.3, -0.25) is 9.59 Å². The van der Waals surface area contributed by atoms with E-state index in [9.17, 15) is 9.59 Å². The monoisotopic (exact) mass is 473 g/mol. The average Bonchev–Trinajstić information content (AvgIpc) is 2.85. The van der Waals surface area contributed by atoms with Crippen LogP contribution in [0.15, 0.2) is 77.6 Å². The number of fused-ring (bicyclic) bond motifs is 2. The third kappa shape index (κ3) is 4.68. The Balaban J connectivity index is 1.38. The lowest BCUT2D eigenvalue weighted by atomic mass is 10.0. The molecule has 0 spiro atoms. The van der Waals surface area contributed by atoms with Crippen molar-refractivity contribution in [2.45, 2.75) is 31.8 Å². The van der Waals surface area contributed by atoms with Gasteiger partial charge in [0.2, 0.25) is 5.91 Å². The molecule has 172 valence electrons. The van der Waals surface area contributed by atoms with Crippen LogP contribution in [0.2, 0.25) is 5.02 Å². The maximum atomic E-state index is 13.4. The number of aromatic nitrogens is 2. The Hall–Kier alpha value is -3.64. The maximum absolute atomic E-state index is 13.4. The normalized spacial score (nSPS) is 14.9. The van der Waals surface area contributed by atoms with Gasteiger partial charge in [0.15, 0.2) is 0 Å². The highest BCUT2D eigenvalue weighted by atomic mass is 35.5. The molecular weight excluding hydrogens is 450 g/mol. The van der Waals surface area contributed by atoms with Gasteiger partial charge in [-0.25, -0.2) is 4.98 Å². The van der Waals surface area contributed by atoms with Crippen LogP contribution in [0.5, 0.6) is 5.75 Å². The van der Waals surface area contributed by atoms with Gasteiger partial charge in [0.25, 0.3) is 5.56 Å². The first-order chi connectivity index (χ1) is 16.6. The summed E-state index contributed by atoms with van der Waals surface area (Å²) in [7, 11) is 0. The Morgan fingerprint density at radius 2 is 1.88 bits per heavy atom. The molecule has 1 N–H and O–H groups in total. The van der Waals surface area contributed by atoms with E-state index < -0.39 is 0 Å². The number of nitrogens with one attached hydrogen (secondary N) is 1. The summed E-state index contributed by atoms with van der Waals surface area (Å²) in [6.07, 6.45) is 1.12. The number of halogens is 1. The Morgan fingerprint density at radius 3 is 2.74 bits per heavy atom. The summed E-state index contributed by atoms with van der Waals surface area (Å²) in [5.74, 6) is 0.680. The molecule has 1 atom stereocenters. The minimum Gasteiger partial charge on any atom is -0.493 e. The van der Waals surface area contributed by atoms with E-state index in [0.717, 1.165) is 16.9 Å². The number of carbonyl (C=O) groups excluding carboxylic acids is 1. The fourth-order valence-electron chi connectivity index (χ4n) is 4.35. The molecule has 6 nitrogen and oxygen atoms in total. The predicted octanol–water partition coefficient (Wildman–Crippen LogP) is 4.67. The first kappa shape index (κ1) is 22.2. The van der Waals surface area contributed by atoms with Crippen molar-refractivity contribution >= 4 is 28.5 Å². The maximum Gasteiger partial charge on any atom is 0.273 e. The number of benzene rings is 3. The summed E-state index contributed by atoms with van der Waals surface area (Å²) in [4.78, 5) is 30.7. The minimum absolute atomic E-state index is 0.101. The molecule has 0 radical (unpaired) electrons. The lowest BCUT2D eigenvalue weighted by Crippen LogP contribution is -2.33. The summed E-state index contributed by atoms with van der Waals surface area (Å²) in [6, 6.07) is 22.7. The van der Waals surface area contributed by atoms with E-state index in [-0.39, 0.29) is 30.3 Å². The zero-order valence-corrected chi connectivity index (χ0v) is 19.3. The van der Waals surface area contributed by atoms with Crippen LogP contribution in [-0.2, 0) is 17.8 Å². The fourth-order valence-corrected chi connectivity index (χ4v) is 4.52. The van der Waals surface area contributed by atoms with Gasteiger partial charge >= 0.3 is 0 Å². The third-order valence-electron chi connectivity index (χ3n) is 6.04. The minimum atomic E-state index is -0.192. The molecule has 4 aromatic rings. The Kier molecular flexibility index (Phi) is 6.32. The molecule has 0 saturated heterocycles. The van der Waals surface area contributed by atoms with E-state index in [4.69, 9.17) is 16.3 Å². The second kappa shape index (κ2) is 9.69. The van der Waals surface area contributed by atoms with E-state index in [2.05, 4.69) is 10.3 Å². The van der Waals surface area contributed by atoms with Crippen LogP contribution in [0.25, 0.3) is 11.0 Å². The van der Waals surface area contributed by atoms with Crippen molar-refractivity contribution in [2.24, 2.45) is 0 Å². The highest BCUT2D eigenvalue weighted by molar-refractivity contribution is 6.31. The van der Waals surface area contributed by atoms with E-state index in [1.807, 2.05) is 60.7 Å². The zero-order chi connectivity index (χ0) is 23.5. The molecule has 34 heavy (non-hydrogen) atoms. The van der Waals surface area contributed by atoms with Crippen molar-refractivity contribution in [1.82, 2.24) is 14.9 Å². The van der Waals surface area contributed by atoms with E-state index in [1.54, 1.807) is 16.7 Å². The molecule has 7 heteroatoms. The van der Waals surface area contributed by atoms with Crippen molar-refractivity contribution < 1.29 is 9.53 Å². The molecule has 3 aromatic carbocycles. The van der Waals surface area contributed by atoms with Crippen LogP contribution in [-0.4, -0.2) is 22.1 Å². The van der Waals surface area contributed by atoms with Gasteiger partial charge in [-0.15, -0.1) is 0 Å². The van der Waals surface area contributed by atoms with Gasteiger partial charge in [0.1, 0.15) is 11.4 Å². The average molecular weight is 474 g/mol. The smallest absolute Gasteiger partial charge is 0.273 e. The number of hydrogen-bond donors (Lipinski definition) is 1. The van der Waals surface area contributed by atoms with Crippen molar-refractivity contribution in [3.8, 4) is 5.75 Å². The van der Waals surface area contributed by atoms with E-state index in [1.165, 1.54) is 0 Å². The van der Waals surface area contributed by atoms with Crippen molar-refractivity contribution in [3.63, 3.8) is 0 Å². The molecule has 1 amide bonds. The van der Waals surface area contributed by atoms with Gasteiger partial charge in [-0.1, -0.05) is 60.1 Å². The lowest BCUT2D eigenvalue weighted by Gasteiger charge is -2.26. The van der Waals surface area contributed by atoms with Crippen LogP contribution in [0.4, 0.5) is 0 Å². The number of nitrogens with zero attached hydrogens (tertiary/aromatic N) is 2. The number of ether oxygens (including phenoxy) is 1. The van der Waals surface area contributed by atoms with E-state index >= 15 is 0 Å². The Morgan fingerprint density at radius 1 is 1.09 bits per heavy atom. The summed E-state index contributed by atoms with van der Waals surface area (Å²) in [6.45, 7) is 0.970. The largest absolute Gasteiger partial charge is 0.493 e. The molecule has 0 fully saturated rings. The van der Waals surface area contributed by atoms with E-state index in [0.29, 0.717) is 41.3 Å². The number of carbonyl (C=O) groups is 1. The fraction of sp³-hybridized carbons (Fsp3) is 0.222. The van der Waals surface area contributed by atoms with Crippen molar-refractivity contribution in [1.29, 1.82) is 0 Å². The summed E-state index contributed by atoms with van der Waals surface area (Å²) in [5.41, 5.74) is 3.50. The second-order valence-electron chi connectivity index (χ2n) is 8.36. The summed E-state index contributed by atoms with van der Waals surface area (Å²) < 4.78 is 7.38. The Labute approximate surface area is 202 Å². The van der Waals surface area contributed by atoms with Gasteiger partial charge in [-0.05, 0) is 29.8 Å². The Bertz CT molecular complexity index is 1400. The lowest BCUT2D eigenvalue weighted by molar-refractivity contribution is -0.122. The van der Waals surface area contributed by atoms with Crippen LogP contribution >= 0.6 is 11.6 Å². The van der Waals surface area contributed by atoms with Crippen LogP contribution in [0.1, 0.15) is 35.7 Å². The number of para-hydroxylation sites is 1. The highest BCUT2D eigenvalue weighted by Crippen LogP contribution is 2.31. The standard InChI is InChI=1S/C27H24ClN3O3/c28-19-10-12-24-23(16-19)29-22(27(33)31(24)17-18-6-2-1-3-7-18)11-13-26(32)30-21-14-15-34-25-9-5-4-8-20(21)25/h1-10,12,16,21H,11,13-15,17H2,(H,30,32)/t21-/m0/s1. The quantitative estimate of drug-likeness (QED) is 0.441. The molecule has 0 aliphatic carbocycles.